The van der Waals surface area contributed by atoms with E-state index in [1.54, 1.807) is 6.07 Å². The standard InChI is InChI=1S/C32H54F3N7OS/c1-21(2)24-10-8-22-18-30(3,4)41(20-22)29-23(19-36-44-28-7-5-6-25(37-24)38-28)9-11-26(39-29)42-16-12-27(40-42)43-17-15-31(13-14-31)32(33,34)35/h12,16,21-26,28-29,36-39H,5-11,13-15,17-20H2,1-4H3/t22-,23?,24?,25?,26?,28?,29?/m0/s1. The van der Waals surface area contributed by atoms with E-state index in [1.165, 1.54) is 38.5 Å². The van der Waals surface area contributed by atoms with Gasteiger partial charge in [0, 0.05) is 42.9 Å². The summed E-state index contributed by atoms with van der Waals surface area (Å²) in [6.45, 7) is 11.6. The van der Waals surface area contributed by atoms with Crippen LogP contribution in [-0.4, -0.2) is 69.8 Å². The molecule has 1 aliphatic carbocycles. The number of alkyl halides is 3. The summed E-state index contributed by atoms with van der Waals surface area (Å²) in [6, 6.07) is 2.30. The summed E-state index contributed by atoms with van der Waals surface area (Å²) in [5, 5.41) is 16.9. The minimum absolute atomic E-state index is 0.00394. The molecule has 6 rings (SSSR count). The lowest BCUT2D eigenvalue weighted by Crippen LogP contribution is -2.60. The molecule has 5 aliphatic rings. The van der Waals surface area contributed by atoms with E-state index in [0.29, 0.717) is 41.2 Å². The van der Waals surface area contributed by atoms with Gasteiger partial charge < -0.3 is 4.74 Å². The Morgan fingerprint density at radius 2 is 1.89 bits per heavy atom. The lowest BCUT2D eigenvalue weighted by atomic mass is 9.88. The molecule has 8 nitrogen and oxygen atoms in total. The van der Waals surface area contributed by atoms with E-state index in [1.807, 2.05) is 22.8 Å². The van der Waals surface area contributed by atoms with Crippen LogP contribution < -0.4 is 25.4 Å². The second kappa shape index (κ2) is 13.2. The quantitative estimate of drug-likeness (QED) is 0.282. The minimum atomic E-state index is -4.15. The van der Waals surface area contributed by atoms with E-state index in [9.17, 15) is 13.2 Å². The van der Waals surface area contributed by atoms with Gasteiger partial charge in [-0.15, -0.1) is 5.10 Å². The van der Waals surface area contributed by atoms with Crippen molar-refractivity contribution in [1.82, 2.24) is 35.4 Å². The topological polar surface area (TPSA) is 78.4 Å². The molecular weight excluding hydrogens is 587 g/mol. The van der Waals surface area contributed by atoms with E-state index in [-0.39, 0.29) is 43.7 Å². The molecule has 0 radical (unpaired) electrons. The van der Waals surface area contributed by atoms with Crippen LogP contribution in [0.4, 0.5) is 13.2 Å². The maximum Gasteiger partial charge on any atom is 0.394 e. The Bertz CT molecular complexity index is 1100. The Morgan fingerprint density at radius 3 is 2.64 bits per heavy atom. The number of aromatic nitrogens is 2. The average molecular weight is 642 g/mol. The van der Waals surface area contributed by atoms with Crippen LogP contribution in [0.25, 0.3) is 0 Å². The number of nitrogens with zero attached hydrogens (tertiary/aromatic N) is 3. The lowest BCUT2D eigenvalue weighted by Gasteiger charge is -2.47. The fourth-order valence-corrected chi connectivity index (χ4v) is 9.25. The Morgan fingerprint density at radius 1 is 1.07 bits per heavy atom. The molecule has 7 unspecified atom stereocenters. The van der Waals surface area contributed by atoms with Crippen molar-refractivity contribution < 1.29 is 17.9 Å². The fraction of sp³-hybridized carbons (Fsp3) is 0.906. The van der Waals surface area contributed by atoms with Crippen molar-refractivity contribution in [2.45, 2.75) is 140 Å². The van der Waals surface area contributed by atoms with Gasteiger partial charge in [-0.25, -0.2) is 0 Å². The molecule has 250 valence electrons. The summed E-state index contributed by atoms with van der Waals surface area (Å²) in [5.74, 6) is 2.11. The lowest BCUT2D eigenvalue weighted by molar-refractivity contribution is -0.190. The predicted molar refractivity (Wildman–Crippen MR) is 169 cm³/mol. The number of fused-ring (bicyclic) bond motifs is 6. The second-order valence-electron chi connectivity index (χ2n) is 15.2. The van der Waals surface area contributed by atoms with E-state index in [0.717, 1.165) is 25.9 Å². The van der Waals surface area contributed by atoms with Crippen molar-refractivity contribution in [1.29, 1.82) is 0 Å². The number of nitrogens with one attached hydrogen (secondary N) is 4. The van der Waals surface area contributed by atoms with Crippen molar-refractivity contribution >= 4 is 11.9 Å². The highest BCUT2D eigenvalue weighted by atomic mass is 32.2. The van der Waals surface area contributed by atoms with Crippen LogP contribution in [0.2, 0.25) is 0 Å². The number of halogens is 3. The number of rotatable bonds is 6. The molecule has 1 saturated carbocycles. The maximum atomic E-state index is 13.3. The predicted octanol–water partition coefficient (Wildman–Crippen LogP) is 5.99. The number of hydrogen-bond acceptors (Lipinski definition) is 8. The molecule has 0 amide bonds. The van der Waals surface area contributed by atoms with Gasteiger partial charge in [-0.3, -0.25) is 30.3 Å². The highest BCUT2D eigenvalue weighted by molar-refractivity contribution is 7.98. The second-order valence-corrected chi connectivity index (χ2v) is 16.3. The number of ether oxygens (including phenoxy) is 1. The molecule has 5 heterocycles. The molecule has 4 saturated heterocycles. The summed E-state index contributed by atoms with van der Waals surface area (Å²) < 4.78 is 51.4. The van der Waals surface area contributed by atoms with Gasteiger partial charge >= 0.3 is 6.18 Å². The minimum Gasteiger partial charge on any atom is -0.477 e. The van der Waals surface area contributed by atoms with Gasteiger partial charge in [0.05, 0.1) is 29.7 Å². The van der Waals surface area contributed by atoms with Crippen molar-refractivity contribution in [2.24, 2.45) is 23.2 Å². The smallest absolute Gasteiger partial charge is 0.394 e. The largest absolute Gasteiger partial charge is 0.477 e. The van der Waals surface area contributed by atoms with Gasteiger partial charge in [-0.2, -0.15) is 13.2 Å². The maximum absolute atomic E-state index is 13.3. The van der Waals surface area contributed by atoms with Gasteiger partial charge in [-0.1, -0.05) is 25.8 Å². The highest BCUT2D eigenvalue weighted by Crippen LogP contribution is 2.59. The molecule has 8 atom stereocenters. The van der Waals surface area contributed by atoms with Crippen LogP contribution in [0.5, 0.6) is 5.88 Å². The van der Waals surface area contributed by atoms with E-state index >= 15 is 0 Å². The summed E-state index contributed by atoms with van der Waals surface area (Å²) in [6.07, 6.45) is 8.00. The van der Waals surface area contributed by atoms with Crippen LogP contribution in [0.1, 0.15) is 104 Å². The summed E-state index contributed by atoms with van der Waals surface area (Å²) in [7, 11) is 0. The first-order valence-corrected chi connectivity index (χ1v) is 18.0. The monoisotopic (exact) mass is 641 g/mol. The Hall–Kier alpha value is -1.05. The summed E-state index contributed by atoms with van der Waals surface area (Å²) in [5.41, 5.74) is -1.46. The zero-order valence-corrected chi connectivity index (χ0v) is 27.8. The zero-order chi connectivity index (χ0) is 31.1. The molecule has 1 aromatic rings. The van der Waals surface area contributed by atoms with Crippen LogP contribution in [-0.2, 0) is 0 Å². The molecule has 44 heavy (non-hydrogen) atoms. The summed E-state index contributed by atoms with van der Waals surface area (Å²) >= 11 is 1.86. The Kier molecular flexibility index (Phi) is 9.88. The first-order valence-electron chi connectivity index (χ1n) is 17.1. The average Bonchev–Trinajstić information content (AvgIpc) is 3.52. The fourth-order valence-electron chi connectivity index (χ4n) is 8.22. The van der Waals surface area contributed by atoms with Crippen molar-refractivity contribution in [3.8, 4) is 5.88 Å². The van der Waals surface area contributed by atoms with Crippen molar-refractivity contribution in [3.63, 3.8) is 0 Å². The normalized spacial score (nSPS) is 37.5. The molecule has 12 heteroatoms. The van der Waals surface area contributed by atoms with E-state index in [4.69, 9.17) is 4.74 Å². The summed E-state index contributed by atoms with van der Waals surface area (Å²) in [4.78, 5) is 2.72. The van der Waals surface area contributed by atoms with E-state index in [2.05, 4.69) is 58.4 Å². The van der Waals surface area contributed by atoms with Crippen molar-refractivity contribution in [3.05, 3.63) is 12.3 Å². The van der Waals surface area contributed by atoms with Crippen LogP contribution in [0.3, 0.4) is 0 Å². The van der Waals surface area contributed by atoms with Crippen LogP contribution >= 0.6 is 11.9 Å². The van der Waals surface area contributed by atoms with Gasteiger partial charge in [0.15, 0.2) is 0 Å². The van der Waals surface area contributed by atoms with Crippen molar-refractivity contribution in [2.75, 3.05) is 19.7 Å². The molecule has 4 aliphatic heterocycles. The molecule has 4 bridgehead atoms. The first kappa shape index (κ1) is 32.9. The Balaban J connectivity index is 1.14. The number of hydrogen-bond donors (Lipinski definition) is 4. The number of piperidine rings is 2. The molecule has 5 fully saturated rings. The SMILES string of the molecule is CC(C)C1CC[C@@H]2CN(C3NC(n4ccc(OCCC5(C(F)(F)F)CC5)n4)CCC3CNSC3CCCC(N3)N1)C(C)(C)C2. The van der Waals surface area contributed by atoms with Crippen LogP contribution in [0.15, 0.2) is 12.3 Å². The molecule has 1 aromatic heterocycles. The third kappa shape index (κ3) is 7.40. The highest BCUT2D eigenvalue weighted by Gasteiger charge is 2.62. The van der Waals surface area contributed by atoms with E-state index < -0.39 is 11.6 Å². The third-order valence-corrected chi connectivity index (χ3v) is 12.2. The molecule has 0 aromatic carbocycles. The molecule has 4 N–H and O–H groups in total. The van der Waals surface area contributed by atoms with Gasteiger partial charge in [0.1, 0.15) is 6.17 Å². The molecule has 0 spiro atoms. The first-order chi connectivity index (χ1) is 20.9. The zero-order valence-electron chi connectivity index (χ0n) is 27.0. The third-order valence-electron chi connectivity index (χ3n) is 11.2. The molecular formula is C32H54F3N7OS. The van der Waals surface area contributed by atoms with Gasteiger partial charge in [-0.05, 0) is 96.3 Å². The van der Waals surface area contributed by atoms with Gasteiger partial charge in [0.25, 0.3) is 0 Å². The Labute approximate surface area is 265 Å². The van der Waals surface area contributed by atoms with Crippen LogP contribution in [0, 0.1) is 23.2 Å². The van der Waals surface area contributed by atoms with Gasteiger partial charge in [0.2, 0.25) is 5.88 Å².